The molecule has 0 bridgehead atoms. The normalized spacial score (nSPS) is 42.2. The minimum Gasteiger partial charge on any atom is -0.466 e. The highest BCUT2D eigenvalue weighted by Gasteiger charge is 2.62. The van der Waals surface area contributed by atoms with Crippen molar-refractivity contribution in [3.8, 4) is 5.75 Å². The first-order valence-electron chi connectivity index (χ1n) is 9.29. The Morgan fingerprint density at radius 3 is 2.96 bits per heavy atom. The summed E-state index contributed by atoms with van der Waals surface area (Å²) in [5.41, 5.74) is 2.85. The van der Waals surface area contributed by atoms with Gasteiger partial charge >= 0.3 is 0 Å². The second-order valence-electron chi connectivity index (χ2n) is 8.31. The highest BCUT2D eigenvalue weighted by molar-refractivity contribution is 14.1. The van der Waals surface area contributed by atoms with Crippen LogP contribution in [0, 0.1) is 23.2 Å². The third-order valence-corrected chi connectivity index (χ3v) is 9.46. The van der Waals surface area contributed by atoms with E-state index in [2.05, 4.69) is 54.3 Å². The summed E-state index contributed by atoms with van der Waals surface area (Å²) in [5, 5.41) is 11.1. The van der Waals surface area contributed by atoms with Gasteiger partial charge in [0.2, 0.25) is 0 Å². The first-order valence-corrected chi connectivity index (χ1v) is 10.9. The Kier molecular flexibility index (Phi) is 4.65. The fourth-order valence-electron chi connectivity index (χ4n) is 6.13. The van der Waals surface area contributed by atoms with Gasteiger partial charge in [-0.05, 0) is 102 Å². The molecule has 1 aromatic carbocycles. The van der Waals surface area contributed by atoms with Gasteiger partial charge in [-0.25, -0.2) is 0 Å². The maximum Gasteiger partial charge on any atom is 0.126 e. The van der Waals surface area contributed by atoms with Gasteiger partial charge < -0.3 is 9.84 Å². The van der Waals surface area contributed by atoms with Crippen molar-refractivity contribution in [2.75, 3.05) is 5.88 Å². The number of benzene rings is 1. The van der Waals surface area contributed by atoms with Crippen LogP contribution in [-0.2, 0) is 6.42 Å². The van der Waals surface area contributed by atoms with E-state index in [4.69, 9.17) is 16.3 Å². The van der Waals surface area contributed by atoms with Crippen molar-refractivity contribution in [3.63, 3.8) is 0 Å². The average molecular weight is 473 g/mol. The van der Waals surface area contributed by atoms with Gasteiger partial charge in [-0.2, -0.15) is 0 Å². The molecule has 0 heterocycles. The number of aryl methyl sites for hydroxylation is 1. The quantitative estimate of drug-likeness (QED) is 0.350. The van der Waals surface area contributed by atoms with Gasteiger partial charge in [0.15, 0.2) is 0 Å². The van der Waals surface area contributed by atoms with Crippen LogP contribution in [-0.4, -0.2) is 14.6 Å². The lowest BCUT2D eigenvalue weighted by atomic mass is 9.52. The monoisotopic (exact) mass is 472 g/mol. The van der Waals surface area contributed by atoms with Gasteiger partial charge in [-0.3, -0.25) is 0 Å². The molecule has 0 radical (unpaired) electrons. The van der Waals surface area contributed by atoms with Crippen LogP contribution in [0.5, 0.6) is 5.75 Å². The third-order valence-electron chi connectivity index (χ3n) is 7.29. The predicted molar refractivity (Wildman–Crippen MR) is 110 cm³/mol. The Labute approximate surface area is 169 Å². The summed E-state index contributed by atoms with van der Waals surface area (Å²) in [6.45, 7) is 5.96. The van der Waals surface area contributed by atoms with Gasteiger partial charge in [-0.1, -0.05) is 19.6 Å². The topological polar surface area (TPSA) is 29.5 Å². The van der Waals surface area contributed by atoms with Crippen molar-refractivity contribution in [1.82, 2.24) is 0 Å². The molecule has 0 spiro atoms. The summed E-state index contributed by atoms with van der Waals surface area (Å²) in [4.78, 5) is 0. The molecule has 1 N–H and O–H groups in total. The number of ether oxygens (including phenoxy) is 1. The summed E-state index contributed by atoms with van der Waals surface area (Å²) in [5.74, 6) is 3.71. The molecule has 2 fully saturated rings. The second-order valence-corrected chi connectivity index (χ2v) is 10.4. The van der Waals surface area contributed by atoms with E-state index < -0.39 is 3.61 Å². The van der Waals surface area contributed by atoms with Crippen LogP contribution < -0.4 is 4.74 Å². The molecule has 0 amide bonds. The lowest BCUT2D eigenvalue weighted by molar-refractivity contribution is -0.0524. The summed E-state index contributed by atoms with van der Waals surface area (Å²) in [6.07, 6.45) is 6.83. The Bertz CT molecular complexity index is 688. The van der Waals surface area contributed by atoms with E-state index in [1.165, 1.54) is 23.8 Å². The fourth-order valence-corrected chi connectivity index (χ4v) is 7.36. The third kappa shape index (κ3) is 2.68. The number of hydrogen-bond acceptors (Lipinski definition) is 2. The molecule has 0 unspecified atom stereocenters. The van der Waals surface area contributed by atoms with Crippen molar-refractivity contribution in [2.45, 2.75) is 48.6 Å². The van der Waals surface area contributed by atoms with Gasteiger partial charge in [-0.15, -0.1) is 11.6 Å². The smallest absolute Gasteiger partial charge is 0.126 e. The van der Waals surface area contributed by atoms with Gasteiger partial charge in [0, 0.05) is 11.3 Å². The Morgan fingerprint density at radius 1 is 1.44 bits per heavy atom. The lowest BCUT2D eigenvalue weighted by Crippen LogP contribution is -2.51. The number of alkyl halides is 2. The number of hydrogen-bond donors (Lipinski definition) is 1. The molecule has 3 aliphatic carbocycles. The zero-order chi connectivity index (χ0) is 17.8. The van der Waals surface area contributed by atoms with E-state index in [0.717, 1.165) is 31.4 Å². The Balaban J connectivity index is 1.74. The Hall–Kier alpha value is -0.260. The number of rotatable bonds is 3. The summed E-state index contributed by atoms with van der Waals surface area (Å²) < 4.78 is 4.89. The van der Waals surface area contributed by atoms with Crippen LogP contribution >= 0.6 is 34.2 Å². The molecular formula is C21H26ClIO2. The molecule has 25 heavy (non-hydrogen) atoms. The van der Waals surface area contributed by atoms with E-state index in [9.17, 15) is 5.11 Å². The Morgan fingerprint density at radius 2 is 2.24 bits per heavy atom. The van der Waals surface area contributed by atoms with Gasteiger partial charge in [0.05, 0.1) is 6.26 Å². The van der Waals surface area contributed by atoms with E-state index in [-0.39, 0.29) is 5.41 Å². The van der Waals surface area contributed by atoms with Crippen LogP contribution in [0.15, 0.2) is 31.0 Å². The van der Waals surface area contributed by atoms with E-state index in [1.54, 1.807) is 0 Å². The average Bonchev–Trinajstić information content (AvgIpc) is 2.83. The molecule has 3 aliphatic rings. The van der Waals surface area contributed by atoms with Crippen molar-refractivity contribution >= 4 is 34.2 Å². The SMILES string of the molecule is C=COc1ccc2c(c1)CC[C@@H]1[C@@H]2[C@@H](CCl)C[C@@]2(C)[C@H]1CC[C@@]2(O)I. The van der Waals surface area contributed by atoms with Gasteiger partial charge in [0.25, 0.3) is 0 Å². The number of fused-ring (bicyclic) bond motifs is 5. The molecule has 0 saturated heterocycles. The fraction of sp³-hybridized carbons (Fsp3) is 0.619. The first kappa shape index (κ1) is 18.1. The van der Waals surface area contributed by atoms with E-state index in [0.29, 0.717) is 29.6 Å². The number of aliphatic hydroxyl groups is 1. The van der Waals surface area contributed by atoms with Gasteiger partial charge in [0.1, 0.15) is 9.36 Å². The highest BCUT2D eigenvalue weighted by atomic mass is 127. The summed E-state index contributed by atoms with van der Waals surface area (Å²) in [7, 11) is 0. The predicted octanol–water partition coefficient (Wildman–Crippen LogP) is 5.65. The molecule has 136 valence electrons. The van der Waals surface area contributed by atoms with Crippen LogP contribution in [0.3, 0.4) is 0 Å². The standard InChI is InChI=1S/C21H26ClIO2/c1-3-25-15-5-7-16-13(10-15)4-6-17-18-8-9-21(23,24)20(18,2)11-14(12-22)19(16)17/h3,5,7,10,14,17-19,24H,1,4,6,8-9,11-12H2,2H3/t14-,17+,18+,19-,20+,21+/m1/s1. The summed E-state index contributed by atoms with van der Waals surface area (Å²) in [6, 6.07) is 6.49. The van der Waals surface area contributed by atoms with Crippen LogP contribution in [0.1, 0.15) is 49.7 Å². The second kappa shape index (κ2) is 6.42. The molecule has 2 saturated carbocycles. The molecule has 1 aromatic rings. The largest absolute Gasteiger partial charge is 0.466 e. The van der Waals surface area contributed by atoms with E-state index >= 15 is 0 Å². The zero-order valence-electron chi connectivity index (χ0n) is 14.7. The van der Waals surface area contributed by atoms with Crippen LogP contribution in [0.25, 0.3) is 0 Å². The maximum absolute atomic E-state index is 11.1. The first-order chi connectivity index (χ1) is 11.9. The van der Waals surface area contributed by atoms with Crippen molar-refractivity contribution in [2.24, 2.45) is 23.2 Å². The molecule has 0 aliphatic heterocycles. The highest BCUT2D eigenvalue weighted by Crippen LogP contribution is 2.67. The molecule has 4 heteroatoms. The summed E-state index contributed by atoms with van der Waals surface area (Å²) >= 11 is 8.78. The minimum atomic E-state index is -0.591. The molecule has 2 nitrogen and oxygen atoms in total. The lowest BCUT2D eigenvalue weighted by Gasteiger charge is -2.55. The van der Waals surface area contributed by atoms with Crippen LogP contribution in [0.2, 0.25) is 0 Å². The maximum atomic E-state index is 11.1. The van der Waals surface area contributed by atoms with Crippen molar-refractivity contribution in [3.05, 3.63) is 42.2 Å². The molecule has 0 aromatic heterocycles. The van der Waals surface area contributed by atoms with Crippen LogP contribution in [0.4, 0.5) is 0 Å². The molecular weight excluding hydrogens is 447 g/mol. The van der Waals surface area contributed by atoms with Crippen molar-refractivity contribution in [1.29, 1.82) is 0 Å². The number of halogens is 2. The zero-order valence-corrected chi connectivity index (χ0v) is 17.6. The minimum absolute atomic E-state index is 0.0162. The molecule has 4 rings (SSSR count). The van der Waals surface area contributed by atoms with E-state index in [1.807, 2.05) is 0 Å². The molecule has 6 atom stereocenters. The van der Waals surface area contributed by atoms with Crippen molar-refractivity contribution < 1.29 is 9.84 Å².